The summed E-state index contributed by atoms with van der Waals surface area (Å²) in [6, 6.07) is 15.2. The van der Waals surface area contributed by atoms with Crippen molar-refractivity contribution in [1.29, 1.82) is 0 Å². The molecule has 186 valence electrons. The molecular weight excluding hydrogens is 448 g/mol. The number of carbonyl (C=O) groups excluding carboxylic acids is 4. The molecule has 0 aromatic heterocycles. The van der Waals surface area contributed by atoms with Gasteiger partial charge in [0.15, 0.2) is 0 Å². The molecular formula is C26H32N4O5. The molecule has 1 unspecified atom stereocenters. The van der Waals surface area contributed by atoms with Gasteiger partial charge in [0, 0.05) is 37.1 Å². The third-order valence-corrected chi connectivity index (χ3v) is 5.57. The molecule has 0 bridgehead atoms. The van der Waals surface area contributed by atoms with Crippen LogP contribution in [0.4, 0.5) is 11.4 Å². The molecule has 0 aliphatic carbocycles. The largest absolute Gasteiger partial charge is 0.465 e. The van der Waals surface area contributed by atoms with Crippen LogP contribution in [0.2, 0.25) is 0 Å². The number of amides is 3. The highest BCUT2D eigenvalue weighted by Crippen LogP contribution is 2.18. The maximum absolute atomic E-state index is 12.9. The Balaban J connectivity index is 1.62. The minimum Gasteiger partial charge on any atom is -0.465 e. The third kappa shape index (κ3) is 7.38. The van der Waals surface area contributed by atoms with Gasteiger partial charge in [-0.05, 0) is 36.2 Å². The highest BCUT2D eigenvalue weighted by molar-refractivity contribution is 6.06. The van der Waals surface area contributed by atoms with Crippen molar-refractivity contribution in [2.75, 3.05) is 43.5 Å². The highest BCUT2D eigenvalue weighted by Gasteiger charge is 2.33. The first kappa shape index (κ1) is 25.9. The van der Waals surface area contributed by atoms with Crippen LogP contribution in [0.25, 0.3) is 0 Å². The van der Waals surface area contributed by atoms with E-state index in [2.05, 4.69) is 10.6 Å². The molecule has 1 heterocycles. The summed E-state index contributed by atoms with van der Waals surface area (Å²) >= 11 is 0. The van der Waals surface area contributed by atoms with E-state index >= 15 is 0 Å². The second-order valence-electron chi connectivity index (χ2n) is 8.89. The molecule has 1 aliphatic rings. The Morgan fingerprint density at radius 2 is 1.89 bits per heavy atom. The smallest absolute Gasteiger partial charge is 0.307 e. The lowest BCUT2D eigenvalue weighted by Crippen LogP contribution is -2.57. The molecule has 9 nitrogen and oxygen atoms in total. The van der Waals surface area contributed by atoms with E-state index in [9.17, 15) is 19.2 Å². The maximum Gasteiger partial charge on any atom is 0.307 e. The SMILES string of the molecule is CC(C)COC(=O)CC1C(=O)NCCN1CC(=O)Nc1cccc(C(=O)N(C)c2ccccc2)c1. The topological polar surface area (TPSA) is 108 Å². The molecule has 0 spiro atoms. The summed E-state index contributed by atoms with van der Waals surface area (Å²) < 4.78 is 5.21. The van der Waals surface area contributed by atoms with E-state index in [1.807, 2.05) is 44.2 Å². The minimum absolute atomic E-state index is 0.0718. The minimum atomic E-state index is -0.776. The fourth-order valence-corrected chi connectivity index (χ4v) is 3.73. The van der Waals surface area contributed by atoms with Gasteiger partial charge in [0.2, 0.25) is 11.8 Å². The number of ether oxygens (including phenoxy) is 1. The van der Waals surface area contributed by atoms with E-state index in [0.717, 1.165) is 5.69 Å². The summed E-state index contributed by atoms with van der Waals surface area (Å²) in [5.41, 5.74) is 1.65. The van der Waals surface area contributed by atoms with Gasteiger partial charge in [-0.15, -0.1) is 0 Å². The van der Waals surface area contributed by atoms with Crippen molar-refractivity contribution in [2.45, 2.75) is 26.3 Å². The van der Waals surface area contributed by atoms with E-state index in [4.69, 9.17) is 4.74 Å². The molecule has 1 fully saturated rings. The molecule has 1 atom stereocenters. The standard InChI is InChI=1S/C26H32N4O5/c1-18(2)17-35-24(32)15-22-25(33)27-12-13-30(22)16-23(31)28-20-9-7-8-19(14-20)26(34)29(3)21-10-5-4-6-11-21/h4-11,14,18,22H,12-13,15-17H2,1-3H3,(H,27,33)(H,28,31). The number of nitrogens with one attached hydrogen (secondary N) is 2. The van der Waals surface area contributed by atoms with Gasteiger partial charge in [-0.3, -0.25) is 24.1 Å². The van der Waals surface area contributed by atoms with Gasteiger partial charge < -0.3 is 20.3 Å². The predicted octanol–water partition coefficient (Wildman–Crippen LogP) is 2.29. The average molecular weight is 481 g/mol. The molecule has 1 aliphatic heterocycles. The van der Waals surface area contributed by atoms with E-state index in [0.29, 0.717) is 24.3 Å². The first-order valence-corrected chi connectivity index (χ1v) is 11.6. The zero-order valence-electron chi connectivity index (χ0n) is 20.3. The second-order valence-corrected chi connectivity index (χ2v) is 8.89. The number of anilines is 2. The number of piperazine rings is 1. The van der Waals surface area contributed by atoms with Crippen LogP contribution in [0.5, 0.6) is 0 Å². The summed E-state index contributed by atoms with van der Waals surface area (Å²) in [7, 11) is 1.69. The Kier molecular flexibility index (Phi) is 8.97. The van der Waals surface area contributed by atoms with Gasteiger partial charge in [-0.1, -0.05) is 38.1 Å². The van der Waals surface area contributed by atoms with Crippen molar-refractivity contribution in [1.82, 2.24) is 10.2 Å². The van der Waals surface area contributed by atoms with Crippen LogP contribution in [0.15, 0.2) is 54.6 Å². The number of para-hydroxylation sites is 1. The fourth-order valence-electron chi connectivity index (χ4n) is 3.73. The fraction of sp³-hybridized carbons (Fsp3) is 0.385. The molecule has 0 saturated carbocycles. The van der Waals surface area contributed by atoms with E-state index in [1.165, 1.54) is 4.90 Å². The Morgan fingerprint density at radius 1 is 1.14 bits per heavy atom. The molecule has 3 rings (SSSR count). The van der Waals surface area contributed by atoms with Crippen molar-refractivity contribution in [3.8, 4) is 0 Å². The average Bonchev–Trinajstić information content (AvgIpc) is 2.84. The summed E-state index contributed by atoms with van der Waals surface area (Å²) in [5.74, 6) is -1.14. The zero-order valence-corrected chi connectivity index (χ0v) is 20.3. The number of rotatable bonds is 9. The Hall–Kier alpha value is -3.72. The number of nitrogens with zero attached hydrogens (tertiary/aromatic N) is 2. The summed E-state index contributed by atoms with van der Waals surface area (Å²) in [6.45, 7) is 4.89. The molecule has 3 amide bonds. The van der Waals surface area contributed by atoms with E-state index < -0.39 is 12.0 Å². The molecule has 2 aromatic carbocycles. The maximum atomic E-state index is 12.9. The molecule has 0 radical (unpaired) electrons. The molecule has 2 N–H and O–H groups in total. The van der Waals surface area contributed by atoms with Crippen LogP contribution in [-0.4, -0.2) is 67.9 Å². The van der Waals surface area contributed by atoms with Gasteiger partial charge in [0.25, 0.3) is 5.91 Å². The van der Waals surface area contributed by atoms with Crippen LogP contribution < -0.4 is 15.5 Å². The third-order valence-electron chi connectivity index (χ3n) is 5.57. The van der Waals surface area contributed by atoms with Crippen molar-refractivity contribution >= 4 is 35.1 Å². The van der Waals surface area contributed by atoms with E-state index in [-0.39, 0.29) is 43.2 Å². The van der Waals surface area contributed by atoms with Gasteiger partial charge >= 0.3 is 5.97 Å². The van der Waals surface area contributed by atoms with Crippen LogP contribution in [0.3, 0.4) is 0 Å². The quantitative estimate of drug-likeness (QED) is 0.533. The second kappa shape index (κ2) is 12.1. The van der Waals surface area contributed by atoms with Crippen LogP contribution in [0, 0.1) is 5.92 Å². The number of carbonyl (C=O) groups is 4. The van der Waals surface area contributed by atoms with Crippen LogP contribution >= 0.6 is 0 Å². The van der Waals surface area contributed by atoms with Crippen LogP contribution in [-0.2, 0) is 19.1 Å². The summed E-state index contributed by atoms with van der Waals surface area (Å²) in [4.78, 5) is 53.4. The van der Waals surface area contributed by atoms with Crippen LogP contribution in [0.1, 0.15) is 30.6 Å². The van der Waals surface area contributed by atoms with E-state index in [1.54, 1.807) is 36.2 Å². The van der Waals surface area contributed by atoms with Gasteiger partial charge in [0.1, 0.15) is 6.04 Å². The highest BCUT2D eigenvalue weighted by atomic mass is 16.5. The lowest BCUT2D eigenvalue weighted by atomic mass is 10.1. The Morgan fingerprint density at radius 3 is 2.60 bits per heavy atom. The van der Waals surface area contributed by atoms with Crippen molar-refractivity contribution in [3.63, 3.8) is 0 Å². The van der Waals surface area contributed by atoms with Crippen molar-refractivity contribution in [3.05, 3.63) is 60.2 Å². The number of benzene rings is 2. The monoisotopic (exact) mass is 480 g/mol. The molecule has 9 heteroatoms. The predicted molar refractivity (Wildman–Crippen MR) is 133 cm³/mol. The normalized spacial score (nSPS) is 15.9. The lowest BCUT2D eigenvalue weighted by Gasteiger charge is -2.33. The van der Waals surface area contributed by atoms with Gasteiger partial charge in [-0.25, -0.2) is 0 Å². The Labute approximate surface area is 205 Å². The number of esters is 1. The molecule has 35 heavy (non-hydrogen) atoms. The molecule has 1 saturated heterocycles. The van der Waals surface area contributed by atoms with Gasteiger partial charge in [0.05, 0.1) is 19.6 Å². The Bertz CT molecular complexity index is 1060. The zero-order chi connectivity index (χ0) is 25.4. The van der Waals surface area contributed by atoms with Crippen molar-refractivity contribution in [2.24, 2.45) is 5.92 Å². The summed E-state index contributed by atoms with van der Waals surface area (Å²) in [5, 5.41) is 5.53. The lowest BCUT2D eigenvalue weighted by molar-refractivity contribution is -0.149. The van der Waals surface area contributed by atoms with Crippen molar-refractivity contribution < 1.29 is 23.9 Å². The molecule has 2 aromatic rings. The van der Waals surface area contributed by atoms with Gasteiger partial charge in [-0.2, -0.15) is 0 Å². The number of hydrogen-bond donors (Lipinski definition) is 2. The summed E-state index contributed by atoms with van der Waals surface area (Å²) in [6.07, 6.45) is -0.123. The first-order chi connectivity index (χ1) is 16.7. The number of hydrogen-bond acceptors (Lipinski definition) is 6. The first-order valence-electron chi connectivity index (χ1n) is 11.6.